The molecule has 0 aliphatic carbocycles. The van der Waals surface area contributed by atoms with Gasteiger partial charge in [-0.25, -0.2) is 0 Å². The van der Waals surface area contributed by atoms with Crippen molar-refractivity contribution in [1.29, 1.82) is 0 Å². The minimum Gasteiger partial charge on any atom is -0.465 e. The summed E-state index contributed by atoms with van der Waals surface area (Å²) in [7, 11) is 0. The second-order valence-corrected chi connectivity index (χ2v) is 5.24. The van der Waals surface area contributed by atoms with E-state index in [-0.39, 0.29) is 31.0 Å². The summed E-state index contributed by atoms with van der Waals surface area (Å²) in [6.45, 7) is 6.10. The quantitative estimate of drug-likeness (QED) is 0.786. The standard InChI is InChI=1S/C15H21ClN2O3/c1-4-21-15(20)10-18(11(2)3)9-14(19)17-13-8-6-5-7-12(13)16/h5-8,11H,4,9-10H2,1-3H3,(H,17,19). The zero-order valence-electron chi connectivity index (χ0n) is 12.6. The third kappa shape index (κ3) is 6.14. The molecule has 0 saturated heterocycles. The van der Waals surface area contributed by atoms with Crippen LogP contribution in [0.3, 0.4) is 0 Å². The molecule has 0 aliphatic heterocycles. The van der Waals surface area contributed by atoms with Crippen molar-refractivity contribution in [3.05, 3.63) is 29.3 Å². The third-order valence-electron chi connectivity index (χ3n) is 2.86. The number of para-hydroxylation sites is 1. The Morgan fingerprint density at radius 3 is 2.52 bits per heavy atom. The van der Waals surface area contributed by atoms with E-state index in [0.717, 1.165) is 0 Å². The van der Waals surface area contributed by atoms with E-state index >= 15 is 0 Å². The fourth-order valence-electron chi connectivity index (χ4n) is 1.73. The third-order valence-corrected chi connectivity index (χ3v) is 3.19. The average molecular weight is 313 g/mol. The van der Waals surface area contributed by atoms with Crippen LogP contribution in [-0.4, -0.2) is 42.5 Å². The van der Waals surface area contributed by atoms with E-state index in [4.69, 9.17) is 16.3 Å². The lowest BCUT2D eigenvalue weighted by molar-refractivity contribution is -0.145. The fourth-order valence-corrected chi connectivity index (χ4v) is 1.91. The molecular formula is C15H21ClN2O3. The highest BCUT2D eigenvalue weighted by molar-refractivity contribution is 6.33. The zero-order chi connectivity index (χ0) is 15.8. The highest BCUT2D eigenvalue weighted by Gasteiger charge is 2.18. The van der Waals surface area contributed by atoms with Crippen LogP contribution in [0, 0.1) is 0 Å². The van der Waals surface area contributed by atoms with Crippen LogP contribution in [0.2, 0.25) is 5.02 Å². The predicted octanol–water partition coefficient (Wildman–Crippen LogP) is 2.55. The zero-order valence-corrected chi connectivity index (χ0v) is 13.3. The van der Waals surface area contributed by atoms with E-state index in [9.17, 15) is 9.59 Å². The summed E-state index contributed by atoms with van der Waals surface area (Å²) in [6.07, 6.45) is 0. The lowest BCUT2D eigenvalue weighted by Crippen LogP contribution is -2.41. The van der Waals surface area contributed by atoms with Crippen LogP contribution < -0.4 is 5.32 Å². The number of halogens is 1. The van der Waals surface area contributed by atoms with Gasteiger partial charge in [0.25, 0.3) is 0 Å². The van der Waals surface area contributed by atoms with Gasteiger partial charge < -0.3 is 10.1 Å². The summed E-state index contributed by atoms with van der Waals surface area (Å²) >= 11 is 5.99. The number of anilines is 1. The largest absolute Gasteiger partial charge is 0.465 e. The normalized spacial score (nSPS) is 10.8. The smallest absolute Gasteiger partial charge is 0.320 e. The van der Waals surface area contributed by atoms with Crippen LogP contribution in [-0.2, 0) is 14.3 Å². The maximum Gasteiger partial charge on any atom is 0.320 e. The Bertz CT molecular complexity index is 492. The number of amides is 1. The molecule has 6 heteroatoms. The number of hydrogen-bond acceptors (Lipinski definition) is 4. The molecule has 0 fully saturated rings. The second-order valence-electron chi connectivity index (χ2n) is 4.83. The minimum absolute atomic E-state index is 0.0476. The van der Waals surface area contributed by atoms with Crippen molar-refractivity contribution in [3.63, 3.8) is 0 Å². The molecule has 116 valence electrons. The highest BCUT2D eigenvalue weighted by atomic mass is 35.5. The minimum atomic E-state index is -0.336. The number of rotatable bonds is 7. The molecule has 0 radical (unpaired) electrons. The Kier molecular flexibility index (Phi) is 7.19. The number of carbonyl (C=O) groups is 2. The molecule has 1 N–H and O–H groups in total. The van der Waals surface area contributed by atoms with Crippen molar-refractivity contribution in [2.24, 2.45) is 0 Å². The summed E-state index contributed by atoms with van der Waals surface area (Å²) in [5, 5.41) is 3.22. The molecule has 21 heavy (non-hydrogen) atoms. The van der Waals surface area contributed by atoms with Crippen molar-refractivity contribution in [2.75, 3.05) is 25.0 Å². The summed E-state index contributed by atoms with van der Waals surface area (Å²) in [4.78, 5) is 25.3. The van der Waals surface area contributed by atoms with Crippen LogP contribution >= 0.6 is 11.6 Å². The van der Waals surface area contributed by atoms with E-state index in [1.165, 1.54) is 0 Å². The van der Waals surface area contributed by atoms with Gasteiger partial charge in [0.2, 0.25) is 5.91 Å². The summed E-state index contributed by atoms with van der Waals surface area (Å²) in [5.74, 6) is -0.558. The van der Waals surface area contributed by atoms with E-state index in [2.05, 4.69) is 5.32 Å². The maximum atomic E-state index is 12.1. The molecule has 0 heterocycles. The molecular weight excluding hydrogens is 292 g/mol. The number of hydrogen-bond donors (Lipinski definition) is 1. The average Bonchev–Trinajstić information content (AvgIpc) is 2.41. The van der Waals surface area contributed by atoms with Crippen LogP contribution in [0.15, 0.2) is 24.3 Å². The summed E-state index contributed by atoms with van der Waals surface area (Å²) < 4.78 is 4.91. The molecule has 0 aromatic heterocycles. The molecule has 1 aromatic carbocycles. The predicted molar refractivity (Wildman–Crippen MR) is 83.4 cm³/mol. The first-order valence-corrected chi connectivity index (χ1v) is 7.25. The molecule has 1 amide bonds. The Morgan fingerprint density at radius 2 is 1.95 bits per heavy atom. The van der Waals surface area contributed by atoms with Crippen LogP contribution in [0.25, 0.3) is 0 Å². The van der Waals surface area contributed by atoms with E-state index in [0.29, 0.717) is 17.3 Å². The number of esters is 1. The Balaban J connectivity index is 2.60. The second kappa shape index (κ2) is 8.64. The van der Waals surface area contributed by atoms with Gasteiger partial charge in [0.05, 0.1) is 30.4 Å². The van der Waals surface area contributed by atoms with Crippen molar-refractivity contribution < 1.29 is 14.3 Å². The van der Waals surface area contributed by atoms with Gasteiger partial charge in [-0.2, -0.15) is 0 Å². The lowest BCUT2D eigenvalue weighted by atomic mass is 10.3. The molecule has 5 nitrogen and oxygen atoms in total. The molecule has 1 rings (SSSR count). The van der Waals surface area contributed by atoms with E-state index < -0.39 is 0 Å². The molecule has 0 atom stereocenters. The Morgan fingerprint density at radius 1 is 1.29 bits per heavy atom. The molecule has 1 aromatic rings. The highest BCUT2D eigenvalue weighted by Crippen LogP contribution is 2.20. The summed E-state index contributed by atoms with van der Waals surface area (Å²) in [5.41, 5.74) is 0.559. The lowest BCUT2D eigenvalue weighted by Gasteiger charge is -2.24. The first-order chi connectivity index (χ1) is 9.93. The van der Waals surface area contributed by atoms with Gasteiger partial charge in [-0.1, -0.05) is 23.7 Å². The van der Waals surface area contributed by atoms with E-state index in [1.54, 1.807) is 36.1 Å². The van der Waals surface area contributed by atoms with Crippen LogP contribution in [0.4, 0.5) is 5.69 Å². The molecule has 0 spiro atoms. The maximum absolute atomic E-state index is 12.1. The van der Waals surface area contributed by atoms with Gasteiger partial charge in [-0.05, 0) is 32.9 Å². The summed E-state index contributed by atoms with van der Waals surface area (Å²) in [6, 6.07) is 7.06. The number of carbonyl (C=O) groups excluding carboxylic acids is 2. The molecule has 0 bridgehead atoms. The SMILES string of the molecule is CCOC(=O)CN(CC(=O)Nc1ccccc1Cl)C(C)C. The van der Waals surface area contributed by atoms with Crippen LogP contribution in [0.5, 0.6) is 0 Å². The monoisotopic (exact) mass is 312 g/mol. The molecule has 0 unspecified atom stereocenters. The Hall–Kier alpha value is -1.59. The molecule has 0 saturated carbocycles. The van der Waals surface area contributed by atoms with Gasteiger partial charge in [-0.15, -0.1) is 0 Å². The van der Waals surface area contributed by atoms with Gasteiger partial charge in [0.15, 0.2) is 0 Å². The number of nitrogens with one attached hydrogen (secondary N) is 1. The van der Waals surface area contributed by atoms with Gasteiger partial charge in [-0.3, -0.25) is 14.5 Å². The number of ether oxygens (including phenoxy) is 1. The van der Waals surface area contributed by atoms with Crippen molar-refractivity contribution in [3.8, 4) is 0 Å². The Labute approximate surface area is 130 Å². The fraction of sp³-hybridized carbons (Fsp3) is 0.467. The van der Waals surface area contributed by atoms with E-state index in [1.807, 2.05) is 13.8 Å². The van der Waals surface area contributed by atoms with Gasteiger partial charge >= 0.3 is 5.97 Å². The first kappa shape index (κ1) is 17.5. The number of benzene rings is 1. The first-order valence-electron chi connectivity index (χ1n) is 6.88. The van der Waals surface area contributed by atoms with Gasteiger partial charge in [0.1, 0.15) is 0 Å². The van der Waals surface area contributed by atoms with Crippen molar-refractivity contribution >= 4 is 29.2 Å². The van der Waals surface area contributed by atoms with Crippen molar-refractivity contribution in [1.82, 2.24) is 4.90 Å². The number of nitrogens with zero attached hydrogens (tertiary/aromatic N) is 1. The van der Waals surface area contributed by atoms with Crippen LogP contribution in [0.1, 0.15) is 20.8 Å². The van der Waals surface area contributed by atoms with Gasteiger partial charge in [0, 0.05) is 6.04 Å². The topological polar surface area (TPSA) is 58.6 Å². The molecule has 0 aliphatic rings. The van der Waals surface area contributed by atoms with Crippen molar-refractivity contribution in [2.45, 2.75) is 26.8 Å².